The minimum absolute atomic E-state index is 0.308. The Kier molecular flexibility index (Phi) is 2.72. The summed E-state index contributed by atoms with van der Waals surface area (Å²) in [7, 11) is 1.34. The SMILES string of the molecule is COC(=O)c1ccn(-c2ccc(C)cc2)n1. The number of aryl methyl sites for hydroxylation is 1. The van der Waals surface area contributed by atoms with Crippen LogP contribution in [-0.4, -0.2) is 22.9 Å². The molecule has 0 saturated heterocycles. The Labute approximate surface area is 93.5 Å². The average Bonchev–Trinajstić information content (AvgIpc) is 2.78. The summed E-state index contributed by atoms with van der Waals surface area (Å²) in [6.45, 7) is 2.02. The minimum Gasteiger partial charge on any atom is -0.464 e. The van der Waals surface area contributed by atoms with Crippen molar-refractivity contribution < 1.29 is 9.53 Å². The summed E-state index contributed by atoms with van der Waals surface area (Å²) in [5.74, 6) is -0.425. The Morgan fingerprint density at radius 2 is 1.94 bits per heavy atom. The van der Waals surface area contributed by atoms with Crippen LogP contribution in [-0.2, 0) is 4.74 Å². The van der Waals surface area contributed by atoms with Gasteiger partial charge in [-0.2, -0.15) is 5.10 Å². The molecule has 0 aliphatic carbocycles. The first-order valence-electron chi connectivity index (χ1n) is 4.92. The summed E-state index contributed by atoms with van der Waals surface area (Å²) in [4.78, 5) is 11.2. The van der Waals surface area contributed by atoms with Crippen molar-refractivity contribution in [2.75, 3.05) is 7.11 Å². The van der Waals surface area contributed by atoms with Gasteiger partial charge in [0.25, 0.3) is 0 Å². The molecule has 1 heterocycles. The second-order valence-corrected chi connectivity index (χ2v) is 3.47. The number of benzene rings is 1. The molecular weight excluding hydrogens is 204 g/mol. The maximum atomic E-state index is 11.2. The lowest BCUT2D eigenvalue weighted by Gasteiger charge is -2.01. The Morgan fingerprint density at radius 3 is 2.56 bits per heavy atom. The van der Waals surface area contributed by atoms with E-state index >= 15 is 0 Å². The van der Waals surface area contributed by atoms with Gasteiger partial charge in [-0.15, -0.1) is 0 Å². The number of esters is 1. The fourth-order valence-electron chi connectivity index (χ4n) is 1.38. The number of hydrogen-bond donors (Lipinski definition) is 0. The molecule has 0 unspecified atom stereocenters. The van der Waals surface area contributed by atoms with E-state index in [-0.39, 0.29) is 0 Å². The summed E-state index contributed by atoms with van der Waals surface area (Å²) < 4.78 is 6.23. The number of carbonyl (C=O) groups excluding carboxylic acids is 1. The van der Waals surface area contributed by atoms with Crippen LogP contribution in [0.15, 0.2) is 36.5 Å². The highest BCUT2D eigenvalue weighted by atomic mass is 16.5. The van der Waals surface area contributed by atoms with Crippen molar-refractivity contribution in [1.82, 2.24) is 9.78 Å². The van der Waals surface area contributed by atoms with E-state index in [9.17, 15) is 4.79 Å². The lowest BCUT2D eigenvalue weighted by atomic mass is 10.2. The van der Waals surface area contributed by atoms with E-state index in [1.165, 1.54) is 12.7 Å². The van der Waals surface area contributed by atoms with Gasteiger partial charge >= 0.3 is 5.97 Å². The molecule has 0 radical (unpaired) electrons. The largest absolute Gasteiger partial charge is 0.464 e. The topological polar surface area (TPSA) is 44.1 Å². The predicted molar refractivity (Wildman–Crippen MR) is 59.6 cm³/mol. The zero-order valence-electron chi connectivity index (χ0n) is 9.18. The van der Waals surface area contributed by atoms with Crippen LogP contribution in [0.2, 0.25) is 0 Å². The molecule has 1 aromatic heterocycles. The van der Waals surface area contributed by atoms with Crippen molar-refractivity contribution >= 4 is 5.97 Å². The van der Waals surface area contributed by atoms with Gasteiger partial charge in [-0.05, 0) is 25.1 Å². The van der Waals surface area contributed by atoms with Crippen molar-refractivity contribution in [2.24, 2.45) is 0 Å². The first kappa shape index (κ1) is 10.4. The Morgan fingerprint density at radius 1 is 1.25 bits per heavy atom. The van der Waals surface area contributed by atoms with E-state index in [1.54, 1.807) is 16.9 Å². The molecule has 2 rings (SSSR count). The molecule has 16 heavy (non-hydrogen) atoms. The molecule has 0 fully saturated rings. The molecule has 0 aliphatic heterocycles. The van der Waals surface area contributed by atoms with Gasteiger partial charge in [0, 0.05) is 6.20 Å². The van der Waals surface area contributed by atoms with Crippen molar-refractivity contribution in [3.05, 3.63) is 47.8 Å². The van der Waals surface area contributed by atoms with Crippen LogP contribution < -0.4 is 0 Å². The zero-order chi connectivity index (χ0) is 11.5. The van der Waals surface area contributed by atoms with Crippen molar-refractivity contribution in [2.45, 2.75) is 6.92 Å². The monoisotopic (exact) mass is 216 g/mol. The van der Waals surface area contributed by atoms with E-state index in [0.29, 0.717) is 5.69 Å². The van der Waals surface area contributed by atoms with Crippen LogP contribution in [0, 0.1) is 6.92 Å². The lowest BCUT2D eigenvalue weighted by molar-refractivity contribution is 0.0593. The van der Waals surface area contributed by atoms with Crippen LogP contribution in [0.4, 0.5) is 0 Å². The number of hydrogen-bond acceptors (Lipinski definition) is 3. The van der Waals surface area contributed by atoms with Crippen LogP contribution >= 0.6 is 0 Å². The first-order valence-corrected chi connectivity index (χ1v) is 4.92. The minimum atomic E-state index is -0.425. The summed E-state index contributed by atoms with van der Waals surface area (Å²) in [5.41, 5.74) is 2.41. The van der Waals surface area contributed by atoms with Gasteiger partial charge in [0.2, 0.25) is 0 Å². The Balaban J connectivity index is 2.31. The molecule has 0 aliphatic rings. The third kappa shape index (κ3) is 1.95. The van der Waals surface area contributed by atoms with E-state index in [2.05, 4.69) is 9.84 Å². The molecule has 82 valence electrons. The lowest BCUT2D eigenvalue weighted by Crippen LogP contribution is -2.03. The summed E-state index contributed by atoms with van der Waals surface area (Å²) in [6.07, 6.45) is 1.73. The van der Waals surface area contributed by atoms with Crippen molar-refractivity contribution in [3.63, 3.8) is 0 Å². The van der Waals surface area contributed by atoms with Gasteiger partial charge in [0.05, 0.1) is 12.8 Å². The van der Waals surface area contributed by atoms with Crippen LogP contribution in [0.1, 0.15) is 16.1 Å². The average molecular weight is 216 g/mol. The number of carbonyl (C=O) groups is 1. The molecule has 4 heteroatoms. The quantitative estimate of drug-likeness (QED) is 0.721. The predicted octanol–water partition coefficient (Wildman–Crippen LogP) is 1.97. The smallest absolute Gasteiger partial charge is 0.358 e. The van der Waals surface area contributed by atoms with E-state index < -0.39 is 5.97 Å². The fraction of sp³-hybridized carbons (Fsp3) is 0.167. The Hall–Kier alpha value is -2.10. The van der Waals surface area contributed by atoms with E-state index in [4.69, 9.17) is 0 Å². The van der Waals surface area contributed by atoms with Gasteiger partial charge in [0.15, 0.2) is 5.69 Å². The van der Waals surface area contributed by atoms with Gasteiger partial charge in [0.1, 0.15) is 0 Å². The van der Waals surface area contributed by atoms with Crippen molar-refractivity contribution in [1.29, 1.82) is 0 Å². The van der Waals surface area contributed by atoms with Crippen LogP contribution in [0.5, 0.6) is 0 Å². The summed E-state index contributed by atoms with van der Waals surface area (Å²) in [5, 5.41) is 4.12. The number of rotatable bonds is 2. The van der Waals surface area contributed by atoms with E-state index in [1.807, 2.05) is 31.2 Å². The number of methoxy groups -OCH3 is 1. The second kappa shape index (κ2) is 4.18. The Bertz CT molecular complexity index is 500. The molecular formula is C12H12N2O2. The molecule has 1 aromatic carbocycles. The van der Waals surface area contributed by atoms with Crippen LogP contribution in [0.25, 0.3) is 5.69 Å². The zero-order valence-corrected chi connectivity index (χ0v) is 9.18. The highest BCUT2D eigenvalue weighted by Crippen LogP contribution is 2.09. The molecule has 2 aromatic rings. The maximum Gasteiger partial charge on any atom is 0.358 e. The summed E-state index contributed by atoms with van der Waals surface area (Å²) >= 11 is 0. The summed E-state index contributed by atoms with van der Waals surface area (Å²) in [6, 6.07) is 9.52. The molecule has 0 atom stereocenters. The van der Waals surface area contributed by atoms with Gasteiger partial charge in [-0.3, -0.25) is 0 Å². The molecule has 0 N–H and O–H groups in total. The number of nitrogens with zero attached hydrogens (tertiary/aromatic N) is 2. The fourth-order valence-corrected chi connectivity index (χ4v) is 1.38. The van der Waals surface area contributed by atoms with E-state index in [0.717, 1.165) is 5.69 Å². The van der Waals surface area contributed by atoms with Gasteiger partial charge in [-0.25, -0.2) is 9.48 Å². The number of aromatic nitrogens is 2. The molecule has 0 amide bonds. The third-order valence-electron chi connectivity index (χ3n) is 2.28. The second-order valence-electron chi connectivity index (χ2n) is 3.47. The van der Waals surface area contributed by atoms with Crippen LogP contribution in [0.3, 0.4) is 0 Å². The molecule has 0 bridgehead atoms. The molecule has 0 spiro atoms. The normalized spacial score (nSPS) is 10.1. The standard InChI is InChI=1S/C12H12N2O2/c1-9-3-5-10(6-4-9)14-8-7-11(13-14)12(15)16-2/h3-8H,1-2H3. The number of ether oxygens (including phenoxy) is 1. The molecule has 4 nitrogen and oxygen atoms in total. The van der Waals surface area contributed by atoms with Crippen molar-refractivity contribution in [3.8, 4) is 5.69 Å². The highest BCUT2D eigenvalue weighted by molar-refractivity contribution is 5.86. The molecule has 0 saturated carbocycles. The maximum absolute atomic E-state index is 11.2. The third-order valence-corrected chi connectivity index (χ3v) is 2.28. The van der Waals surface area contributed by atoms with Gasteiger partial charge < -0.3 is 4.74 Å². The van der Waals surface area contributed by atoms with Gasteiger partial charge in [-0.1, -0.05) is 17.7 Å². The first-order chi connectivity index (χ1) is 7.70. The highest BCUT2D eigenvalue weighted by Gasteiger charge is 2.09.